The van der Waals surface area contributed by atoms with E-state index in [1.165, 1.54) is 12.0 Å². The highest BCUT2D eigenvalue weighted by atomic mass is 35.5. The number of amides is 2. The minimum atomic E-state index is -3.78. The van der Waals surface area contributed by atoms with Crippen LogP contribution in [0.5, 0.6) is 0 Å². The van der Waals surface area contributed by atoms with Gasteiger partial charge in [0.25, 0.3) is 5.91 Å². The first-order valence-corrected chi connectivity index (χ1v) is 14.2. The lowest BCUT2D eigenvalue weighted by atomic mass is 9.89. The van der Waals surface area contributed by atoms with Crippen LogP contribution in [0.2, 0.25) is 0 Å². The molecule has 2 aromatic rings. The topological polar surface area (TPSA) is 94.4 Å². The molecule has 11 heteroatoms. The average Bonchev–Trinajstić information content (AvgIpc) is 3.53. The molecule has 0 N–H and O–H groups in total. The highest BCUT2D eigenvalue weighted by molar-refractivity contribution is 7.89. The molecule has 200 valence electrons. The number of halogens is 1. The third-order valence-corrected chi connectivity index (χ3v) is 8.40. The van der Waals surface area contributed by atoms with Crippen LogP contribution >= 0.6 is 12.4 Å². The van der Waals surface area contributed by atoms with Gasteiger partial charge in [0.1, 0.15) is 5.76 Å². The fraction of sp³-hybridized carbons (Fsp3) is 0.462. The van der Waals surface area contributed by atoms with E-state index in [1.807, 2.05) is 32.0 Å². The van der Waals surface area contributed by atoms with E-state index < -0.39 is 27.9 Å². The molecule has 0 saturated carbocycles. The van der Waals surface area contributed by atoms with Gasteiger partial charge in [0, 0.05) is 38.4 Å². The predicted molar refractivity (Wildman–Crippen MR) is 143 cm³/mol. The number of furan rings is 1. The number of hydrogen-bond acceptors (Lipinski definition) is 7. The summed E-state index contributed by atoms with van der Waals surface area (Å²) in [6.07, 6.45) is 4.24. The minimum absolute atomic E-state index is 0. The number of para-hydroxylation sites is 1. The molecule has 2 atom stereocenters. The van der Waals surface area contributed by atoms with E-state index in [0.29, 0.717) is 23.6 Å². The molecule has 0 bridgehead atoms. The molecule has 5 rings (SSSR count). The Hall–Kier alpha value is -2.82. The Kier molecular flexibility index (Phi) is 7.73. The fourth-order valence-electron chi connectivity index (χ4n) is 5.59. The zero-order chi connectivity index (χ0) is 25.6. The molecule has 2 fully saturated rings. The number of fused-ring (bicyclic) bond motifs is 1. The van der Waals surface area contributed by atoms with Gasteiger partial charge in [-0.05, 0) is 30.2 Å². The van der Waals surface area contributed by atoms with Gasteiger partial charge in [0.15, 0.2) is 0 Å². The summed E-state index contributed by atoms with van der Waals surface area (Å²) in [6.45, 7) is 7.98. The summed E-state index contributed by atoms with van der Waals surface area (Å²) in [5.74, 6) is -0.863. The Balaban J connectivity index is 0.00000320. The van der Waals surface area contributed by atoms with Crippen molar-refractivity contribution in [3.63, 3.8) is 0 Å². The Morgan fingerprint density at radius 3 is 2.38 bits per heavy atom. The first kappa shape index (κ1) is 27.2. The van der Waals surface area contributed by atoms with Gasteiger partial charge in [-0.1, -0.05) is 32.0 Å². The number of rotatable bonds is 6. The first-order chi connectivity index (χ1) is 17.2. The summed E-state index contributed by atoms with van der Waals surface area (Å²) >= 11 is 0. The monoisotopic (exact) mass is 548 g/mol. The van der Waals surface area contributed by atoms with Crippen LogP contribution in [0.25, 0.3) is 0 Å². The molecule has 0 unspecified atom stereocenters. The number of piperazine rings is 1. The molecule has 2 saturated heterocycles. The summed E-state index contributed by atoms with van der Waals surface area (Å²) < 4.78 is 31.4. The highest BCUT2D eigenvalue weighted by Crippen LogP contribution is 2.42. The lowest BCUT2D eigenvalue weighted by Crippen LogP contribution is -2.46. The average molecular weight is 549 g/mol. The summed E-state index contributed by atoms with van der Waals surface area (Å²) in [5.41, 5.74) is 2.05. The second kappa shape index (κ2) is 10.5. The SMILES string of the molecule is CC(C)[C@H]1C(=O)N(S(C)(=O)=O)C2=CCN(C(=O)c3ccoc3CN3CCN(c4ccccc4)CC3)[C@@H]21.Cl. The van der Waals surface area contributed by atoms with Crippen molar-refractivity contribution in [2.75, 3.05) is 43.9 Å². The van der Waals surface area contributed by atoms with Gasteiger partial charge < -0.3 is 14.2 Å². The summed E-state index contributed by atoms with van der Waals surface area (Å²) in [5, 5.41) is 0. The maximum atomic E-state index is 13.7. The van der Waals surface area contributed by atoms with E-state index in [4.69, 9.17) is 4.42 Å². The molecule has 4 heterocycles. The quantitative estimate of drug-likeness (QED) is 0.548. The van der Waals surface area contributed by atoms with Crippen molar-refractivity contribution in [3.05, 3.63) is 65.8 Å². The fourth-order valence-corrected chi connectivity index (χ4v) is 6.61. The van der Waals surface area contributed by atoms with E-state index in [0.717, 1.165) is 36.7 Å². The normalized spacial score (nSPS) is 22.3. The Bertz CT molecular complexity index is 1290. The molecule has 2 amide bonds. The van der Waals surface area contributed by atoms with Gasteiger partial charge in [-0.2, -0.15) is 0 Å². The zero-order valence-corrected chi connectivity index (χ0v) is 22.9. The number of sulfonamides is 1. The largest absolute Gasteiger partial charge is 0.467 e. The molecule has 0 radical (unpaired) electrons. The smallest absolute Gasteiger partial charge is 0.258 e. The van der Waals surface area contributed by atoms with Gasteiger partial charge in [-0.25, -0.2) is 12.7 Å². The van der Waals surface area contributed by atoms with Crippen molar-refractivity contribution in [2.24, 2.45) is 11.8 Å². The van der Waals surface area contributed by atoms with Gasteiger partial charge in [0.05, 0.1) is 42.3 Å². The predicted octanol–water partition coefficient (Wildman–Crippen LogP) is 2.81. The van der Waals surface area contributed by atoms with E-state index in [1.54, 1.807) is 17.0 Å². The van der Waals surface area contributed by atoms with Crippen LogP contribution in [0.4, 0.5) is 5.69 Å². The van der Waals surface area contributed by atoms with Crippen LogP contribution in [0, 0.1) is 11.8 Å². The molecule has 1 aromatic carbocycles. The second-order valence-electron chi connectivity index (χ2n) is 10.0. The van der Waals surface area contributed by atoms with Crippen molar-refractivity contribution < 1.29 is 22.4 Å². The van der Waals surface area contributed by atoms with Crippen LogP contribution in [0.3, 0.4) is 0 Å². The van der Waals surface area contributed by atoms with Crippen molar-refractivity contribution >= 4 is 39.9 Å². The van der Waals surface area contributed by atoms with Crippen molar-refractivity contribution in [1.82, 2.24) is 14.1 Å². The molecule has 37 heavy (non-hydrogen) atoms. The number of anilines is 1. The summed E-state index contributed by atoms with van der Waals surface area (Å²) in [7, 11) is -3.78. The molecular weight excluding hydrogens is 516 g/mol. The number of nitrogens with zero attached hydrogens (tertiary/aromatic N) is 4. The number of hydrogen-bond donors (Lipinski definition) is 0. The van der Waals surface area contributed by atoms with Crippen molar-refractivity contribution in [2.45, 2.75) is 26.4 Å². The van der Waals surface area contributed by atoms with E-state index in [-0.39, 0.29) is 30.8 Å². The van der Waals surface area contributed by atoms with Gasteiger partial charge in [0.2, 0.25) is 15.9 Å². The van der Waals surface area contributed by atoms with E-state index >= 15 is 0 Å². The van der Waals surface area contributed by atoms with Crippen LogP contribution in [0.1, 0.15) is 30.0 Å². The standard InChI is InChI=1S/C26H32N4O5S.ClH/c1-18(2)23-24-21(30(26(23)32)36(3,33)34)9-11-29(24)25(31)20-10-16-35-22(20)17-27-12-14-28(15-13-27)19-7-5-4-6-8-19;/h4-10,16,18,23-24H,11-15,17H2,1-3H3;1H/t23-,24+;/m1./s1. The van der Waals surface area contributed by atoms with Gasteiger partial charge in [-0.3, -0.25) is 14.5 Å². The van der Waals surface area contributed by atoms with Crippen LogP contribution in [-0.4, -0.2) is 79.4 Å². The Labute approximate surface area is 224 Å². The summed E-state index contributed by atoms with van der Waals surface area (Å²) in [4.78, 5) is 33.0. The van der Waals surface area contributed by atoms with Crippen molar-refractivity contribution in [1.29, 1.82) is 0 Å². The van der Waals surface area contributed by atoms with E-state index in [9.17, 15) is 18.0 Å². The lowest BCUT2D eigenvalue weighted by Gasteiger charge is -2.36. The number of benzene rings is 1. The lowest BCUT2D eigenvalue weighted by molar-refractivity contribution is -0.128. The number of carbonyl (C=O) groups excluding carboxylic acids is 2. The van der Waals surface area contributed by atoms with Crippen molar-refractivity contribution in [3.8, 4) is 0 Å². The summed E-state index contributed by atoms with van der Waals surface area (Å²) in [6, 6.07) is 11.4. The molecule has 0 aliphatic carbocycles. The van der Waals surface area contributed by atoms with Gasteiger partial charge >= 0.3 is 0 Å². The molecule has 3 aliphatic rings. The second-order valence-corrected chi connectivity index (χ2v) is 11.9. The van der Waals surface area contributed by atoms with Crippen LogP contribution in [-0.2, 0) is 21.4 Å². The molecular formula is C26H33ClN4O5S. The van der Waals surface area contributed by atoms with Crippen LogP contribution < -0.4 is 4.90 Å². The van der Waals surface area contributed by atoms with E-state index in [2.05, 4.69) is 21.9 Å². The van der Waals surface area contributed by atoms with Crippen LogP contribution in [0.15, 0.2) is 58.9 Å². The number of carbonyl (C=O) groups is 2. The first-order valence-electron chi connectivity index (χ1n) is 12.3. The molecule has 9 nitrogen and oxygen atoms in total. The molecule has 3 aliphatic heterocycles. The third-order valence-electron chi connectivity index (χ3n) is 7.34. The minimum Gasteiger partial charge on any atom is -0.467 e. The molecule has 1 aromatic heterocycles. The molecule has 0 spiro atoms. The maximum absolute atomic E-state index is 13.7. The third kappa shape index (κ3) is 5.02. The Morgan fingerprint density at radius 1 is 1.08 bits per heavy atom. The Morgan fingerprint density at radius 2 is 1.76 bits per heavy atom. The highest BCUT2D eigenvalue weighted by Gasteiger charge is 2.55. The maximum Gasteiger partial charge on any atom is 0.258 e. The van der Waals surface area contributed by atoms with Gasteiger partial charge in [-0.15, -0.1) is 12.4 Å². The zero-order valence-electron chi connectivity index (χ0n) is 21.2.